The van der Waals surface area contributed by atoms with E-state index in [9.17, 15) is 4.79 Å². The molecule has 4 aromatic rings. The van der Waals surface area contributed by atoms with Crippen LogP contribution >= 0.6 is 0 Å². The van der Waals surface area contributed by atoms with Gasteiger partial charge in [0.2, 0.25) is 0 Å². The third kappa shape index (κ3) is 4.78. The molecule has 2 aromatic carbocycles. The number of aryl methyl sites for hydroxylation is 1. The fraction of sp³-hybridized carbons (Fsp3) is 0.333. The third-order valence-corrected chi connectivity index (χ3v) is 7.61. The lowest BCUT2D eigenvalue weighted by atomic mass is 9.98. The molecule has 202 valence electrons. The molecular weight excluding hydrogens is 497 g/mol. The summed E-state index contributed by atoms with van der Waals surface area (Å²) in [6.07, 6.45) is 0. The Morgan fingerprint density at radius 2 is 1.62 bits per heavy atom. The number of H-pyrrole nitrogens is 1. The lowest BCUT2D eigenvalue weighted by Crippen LogP contribution is -2.49. The molecule has 0 aliphatic carbocycles. The zero-order chi connectivity index (χ0) is 26.9. The van der Waals surface area contributed by atoms with Crippen molar-refractivity contribution in [1.29, 1.82) is 0 Å². The van der Waals surface area contributed by atoms with Crippen LogP contribution in [0.5, 0.6) is 5.75 Å². The van der Waals surface area contributed by atoms with Crippen LogP contribution in [0, 0.1) is 12.7 Å². The minimum atomic E-state index is -0.348. The van der Waals surface area contributed by atoms with Crippen molar-refractivity contribution in [2.75, 3.05) is 69.4 Å². The van der Waals surface area contributed by atoms with Gasteiger partial charge < -0.3 is 29.2 Å². The van der Waals surface area contributed by atoms with E-state index in [4.69, 9.17) is 14.5 Å². The molecule has 9 heteroatoms. The van der Waals surface area contributed by atoms with E-state index in [0.717, 1.165) is 35.9 Å². The molecule has 4 heterocycles. The smallest absolute Gasteiger partial charge is 0.270 e. The number of hydrogen-bond donors (Lipinski definition) is 1. The third-order valence-electron chi connectivity index (χ3n) is 7.61. The molecule has 2 aliphatic rings. The summed E-state index contributed by atoms with van der Waals surface area (Å²) in [5.74, 6) is 2.08. The van der Waals surface area contributed by atoms with E-state index in [2.05, 4.69) is 14.8 Å². The fourth-order valence-electron chi connectivity index (χ4n) is 5.47. The molecule has 2 fully saturated rings. The molecule has 0 spiro atoms. The number of carbonyl (C=O) groups excluding carboxylic acids is 1. The molecule has 6 rings (SSSR count). The van der Waals surface area contributed by atoms with Gasteiger partial charge in [0, 0.05) is 50.2 Å². The number of pyridine rings is 1. The first-order valence-corrected chi connectivity index (χ1v) is 13.3. The summed E-state index contributed by atoms with van der Waals surface area (Å²) in [6, 6.07) is 17.3. The van der Waals surface area contributed by atoms with Gasteiger partial charge >= 0.3 is 0 Å². The van der Waals surface area contributed by atoms with Crippen molar-refractivity contribution < 1.29 is 18.7 Å². The van der Waals surface area contributed by atoms with Crippen LogP contribution in [0.1, 0.15) is 16.1 Å². The Labute approximate surface area is 226 Å². The van der Waals surface area contributed by atoms with Crippen LogP contribution in [0.3, 0.4) is 0 Å². The zero-order valence-electron chi connectivity index (χ0n) is 22.2. The molecular formula is C30H32FN5O3. The van der Waals surface area contributed by atoms with E-state index < -0.39 is 0 Å². The molecule has 8 nitrogen and oxygen atoms in total. The summed E-state index contributed by atoms with van der Waals surface area (Å²) in [4.78, 5) is 27.8. The number of rotatable bonds is 5. The van der Waals surface area contributed by atoms with Gasteiger partial charge in [-0.3, -0.25) is 4.79 Å². The summed E-state index contributed by atoms with van der Waals surface area (Å²) in [5, 5.41) is 0.661. The summed E-state index contributed by atoms with van der Waals surface area (Å²) >= 11 is 0. The van der Waals surface area contributed by atoms with Crippen molar-refractivity contribution in [1.82, 2.24) is 14.9 Å². The summed E-state index contributed by atoms with van der Waals surface area (Å²) < 4.78 is 26.2. The van der Waals surface area contributed by atoms with Gasteiger partial charge in [-0.1, -0.05) is 24.3 Å². The maximum absolute atomic E-state index is 15.2. The van der Waals surface area contributed by atoms with Gasteiger partial charge in [-0.2, -0.15) is 0 Å². The average Bonchev–Trinajstić information content (AvgIpc) is 3.45. The SMILES string of the molecule is COc1ccccc1-c1cc(C)c(F)c2[nH]c(C(=O)N3CCN(c4cccc(N5CCOCC5)n4)CC3)cc12. The largest absolute Gasteiger partial charge is 0.496 e. The summed E-state index contributed by atoms with van der Waals surface area (Å²) in [6.45, 7) is 7.28. The number of aromatic nitrogens is 2. The highest BCUT2D eigenvalue weighted by atomic mass is 19.1. The first-order valence-electron chi connectivity index (χ1n) is 13.3. The zero-order valence-corrected chi connectivity index (χ0v) is 22.2. The van der Waals surface area contributed by atoms with E-state index >= 15 is 4.39 Å². The first-order chi connectivity index (χ1) is 19.0. The molecule has 0 bridgehead atoms. The van der Waals surface area contributed by atoms with Gasteiger partial charge in [0.05, 0.1) is 25.8 Å². The maximum atomic E-state index is 15.2. The second-order valence-electron chi connectivity index (χ2n) is 9.96. The quantitative estimate of drug-likeness (QED) is 0.411. The number of ether oxygens (including phenoxy) is 2. The number of morpholine rings is 1. The number of methoxy groups -OCH3 is 1. The first kappa shape index (κ1) is 25.2. The van der Waals surface area contributed by atoms with Crippen LogP contribution in [0.15, 0.2) is 54.6 Å². The van der Waals surface area contributed by atoms with Crippen LogP contribution in [-0.2, 0) is 4.74 Å². The molecule has 0 saturated carbocycles. The van der Waals surface area contributed by atoms with Gasteiger partial charge in [0.1, 0.15) is 28.9 Å². The number of piperazine rings is 1. The van der Waals surface area contributed by atoms with Gasteiger partial charge in [0.15, 0.2) is 0 Å². The van der Waals surface area contributed by atoms with Crippen LogP contribution in [-0.4, -0.2) is 80.4 Å². The predicted molar refractivity (Wildman–Crippen MR) is 150 cm³/mol. The molecule has 2 aliphatic heterocycles. The average molecular weight is 530 g/mol. The van der Waals surface area contributed by atoms with Crippen molar-refractivity contribution in [2.24, 2.45) is 0 Å². The van der Waals surface area contributed by atoms with Gasteiger partial charge in [-0.15, -0.1) is 0 Å². The number of hydrogen-bond acceptors (Lipinski definition) is 6. The van der Waals surface area contributed by atoms with E-state index in [-0.39, 0.29) is 11.7 Å². The number of anilines is 2. The minimum absolute atomic E-state index is 0.135. The predicted octanol–water partition coefficient (Wildman–Crippen LogP) is 4.49. The van der Waals surface area contributed by atoms with Gasteiger partial charge in [0.25, 0.3) is 5.91 Å². The Balaban J connectivity index is 1.22. The normalized spacial score (nSPS) is 16.1. The van der Waals surface area contributed by atoms with Gasteiger partial charge in [-0.05, 0) is 48.4 Å². The topological polar surface area (TPSA) is 73.9 Å². The molecule has 0 unspecified atom stereocenters. The monoisotopic (exact) mass is 529 g/mol. The number of amides is 1. The second kappa shape index (κ2) is 10.6. The summed E-state index contributed by atoms with van der Waals surface area (Å²) in [5.41, 5.74) is 2.90. The lowest BCUT2D eigenvalue weighted by molar-refractivity contribution is 0.0741. The maximum Gasteiger partial charge on any atom is 0.270 e. The van der Waals surface area contributed by atoms with E-state index in [1.165, 1.54) is 0 Å². The highest BCUT2D eigenvalue weighted by molar-refractivity contribution is 6.04. The number of nitrogens with one attached hydrogen (secondary N) is 1. The lowest BCUT2D eigenvalue weighted by Gasteiger charge is -2.36. The minimum Gasteiger partial charge on any atom is -0.496 e. The van der Waals surface area contributed by atoms with E-state index in [1.807, 2.05) is 53.4 Å². The highest BCUT2D eigenvalue weighted by Gasteiger charge is 2.26. The van der Waals surface area contributed by atoms with Crippen LogP contribution < -0.4 is 14.5 Å². The Kier molecular flexibility index (Phi) is 6.83. The fourth-order valence-corrected chi connectivity index (χ4v) is 5.47. The summed E-state index contributed by atoms with van der Waals surface area (Å²) in [7, 11) is 1.62. The number of para-hydroxylation sites is 1. The number of benzene rings is 2. The highest BCUT2D eigenvalue weighted by Crippen LogP contribution is 2.37. The number of halogens is 1. The van der Waals surface area contributed by atoms with Crippen molar-refractivity contribution >= 4 is 28.4 Å². The van der Waals surface area contributed by atoms with Crippen molar-refractivity contribution in [2.45, 2.75) is 6.92 Å². The molecule has 2 saturated heterocycles. The molecule has 1 amide bonds. The molecule has 2 aromatic heterocycles. The molecule has 39 heavy (non-hydrogen) atoms. The van der Waals surface area contributed by atoms with E-state index in [1.54, 1.807) is 20.1 Å². The Hall–Kier alpha value is -4.11. The van der Waals surface area contributed by atoms with E-state index in [0.29, 0.717) is 67.3 Å². The van der Waals surface area contributed by atoms with Crippen molar-refractivity contribution in [3.05, 3.63) is 71.7 Å². The van der Waals surface area contributed by atoms with Gasteiger partial charge in [-0.25, -0.2) is 9.37 Å². The Morgan fingerprint density at radius 3 is 2.33 bits per heavy atom. The molecule has 0 atom stereocenters. The van der Waals surface area contributed by atoms with Crippen LogP contribution in [0.4, 0.5) is 16.0 Å². The second-order valence-corrected chi connectivity index (χ2v) is 9.96. The Bertz CT molecular complexity index is 1510. The molecule has 0 radical (unpaired) electrons. The molecule has 1 N–H and O–H groups in total. The Morgan fingerprint density at radius 1 is 0.923 bits per heavy atom. The number of aromatic amines is 1. The van der Waals surface area contributed by atoms with Crippen LogP contribution in [0.25, 0.3) is 22.0 Å². The number of carbonyl (C=O) groups is 1. The number of fused-ring (bicyclic) bond motifs is 1. The standard InChI is InChI=1S/C30H32FN5O3/c1-20-18-22(21-6-3-4-7-25(21)38-2)23-19-24(32-29(23)28(20)31)30(37)36-12-10-34(11-13-36)26-8-5-9-27(33-26)35-14-16-39-17-15-35/h3-9,18-19,32H,10-17H2,1-2H3. The van der Waals surface area contributed by atoms with Crippen LogP contribution in [0.2, 0.25) is 0 Å². The van der Waals surface area contributed by atoms with Crippen molar-refractivity contribution in [3.63, 3.8) is 0 Å². The number of nitrogens with zero attached hydrogens (tertiary/aromatic N) is 4. The van der Waals surface area contributed by atoms with Crippen molar-refractivity contribution in [3.8, 4) is 16.9 Å².